The summed E-state index contributed by atoms with van der Waals surface area (Å²) >= 11 is 0. The summed E-state index contributed by atoms with van der Waals surface area (Å²) in [4.78, 5) is 7.98. The summed E-state index contributed by atoms with van der Waals surface area (Å²) in [6.45, 7) is 0.685. The Balaban J connectivity index is 1.45. The predicted molar refractivity (Wildman–Crippen MR) is 112 cm³/mol. The molecule has 1 aliphatic rings. The maximum absolute atomic E-state index is 13.4. The SMILES string of the molecule is Fc1ccc(C2=CNCc3[nH]c(-c4[nH]nc5ncc(-c6cn[nH]c6)cc45)cc32)cc1. The minimum atomic E-state index is -0.247. The van der Waals surface area contributed by atoms with Gasteiger partial charge in [0.1, 0.15) is 5.82 Å². The van der Waals surface area contributed by atoms with E-state index >= 15 is 0 Å². The van der Waals surface area contributed by atoms with Gasteiger partial charge in [-0.15, -0.1) is 0 Å². The van der Waals surface area contributed by atoms with Crippen LogP contribution in [0.25, 0.3) is 39.1 Å². The fraction of sp³-hybridized carbons (Fsp3) is 0.0455. The summed E-state index contributed by atoms with van der Waals surface area (Å²) < 4.78 is 13.4. The molecule has 0 aliphatic carbocycles. The Hall–Kier alpha value is -4.20. The highest BCUT2D eigenvalue weighted by Gasteiger charge is 2.20. The summed E-state index contributed by atoms with van der Waals surface area (Å²) in [7, 11) is 0. The van der Waals surface area contributed by atoms with E-state index in [1.165, 1.54) is 12.1 Å². The number of hydrogen-bond acceptors (Lipinski definition) is 4. The molecule has 0 atom stereocenters. The van der Waals surface area contributed by atoms with Crippen LogP contribution in [0.3, 0.4) is 0 Å². The second kappa shape index (κ2) is 6.41. The number of hydrogen-bond donors (Lipinski definition) is 4. The number of nitrogens with one attached hydrogen (secondary N) is 4. The minimum Gasteiger partial charge on any atom is -0.385 e. The first-order chi connectivity index (χ1) is 14.8. The van der Waals surface area contributed by atoms with Crippen LogP contribution in [0.2, 0.25) is 0 Å². The van der Waals surface area contributed by atoms with E-state index < -0.39 is 0 Å². The summed E-state index contributed by atoms with van der Waals surface area (Å²) in [6, 6.07) is 10.7. The Kier molecular flexibility index (Phi) is 3.58. The molecule has 0 bridgehead atoms. The van der Waals surface area contributed by atoms with Gasteiger partial charge in [0, 0.05) is 51.9 Å². The first kappa shape index (κ1) is 16.7. The normalized spacial score (nSPS) is 13.2. The summed E-state index contributed by atoms with van der Waals surface area (Å²) in [5.74, 6) is -0.247. The third kappa shape index (κ3) is 2.61. The van der Waals surface area contributed by atoms with Gasteiger partial charge >= 0.3 is 0 Å². The van der Waals surface area contributed by atoms with Gasteiger partial charge < -0.3 is 10.3 Å². The zero-order valence-corrected chi connectivity index (χ0v) is 15.7. The second-order valence-corrected chi connectivity index (χ2v) is 7.20. The molecule has 0 saturated heterocycles. The fourth-order valence-corrected chi connectivity index (χ4v) is 3.88. The molecule has 30 heavy (non-hydrogen) atoms. The van der Waals surface area contributed by atoms with Crippen molar-refractivity contribution in [1.29, 1.82) is 0 Å². The Morgan fingerprint density at radius 1 is 0.967 bits per heavy atom. The lowest BCUT2D eigenvalue weighted by Crippen LogP contribution is -2.13. The van der Waals surface area contributed by atoms with Crippen LogP contribution in [-0.4, -0.2) is 30.4 Å². The van der Waals surface area contributed by atoms with Gasteiger partial charge in [-0.25, -0.2) is 9.37 Å². The highest BCUT2D eigenvalue weighted by Crippen LogP contribution is 2.34. The van der Waals surface area contributed by atoms with E-state index in [9.17, 15) is 4.39 Å². The van der Waals surface area contributed by atoms with Crippen LogP contribution < -0.4 is 5.32 Å². The summed E-state index contributed by atoms with van der Waals surface area (Å²) in [6.07, 6.45) is 7.36. The lowest BCUT2D eigenvalue weighted by Gasteiger charge is -2.15. The van der Waals surface area contributed by atoms with Crippen molar-refractivity contribution in [3.05, 3.63) is 83.8 Å². The molecule has 6 rings (SSSR count). The average molecular weight is 397 g/mol. The van der Waals surface area contributed by atoms with Gasteiger partial charge in [0.15, 0.2) is 5.65 Å². The number of fused-ring (bicyclic) bond motifs is 2. The maximum Gasteiger partial charge on any atom is 0.181 e. The highest BCUT2D eigenvalue weighted by atomic mass is 19.1. The van der Waals surface area contributed by atoms with Crippen LogP contribution in [-0.2, 0) is 6.54 Å². The van der Waals surface area contributed by atoms with Crippen LogP contribution in [0.4, 0.5) is 4.39 Å². The number of nitrogens with zero attached hydrogens (tertiary/aromatic N) is 3. The van der Waals surface area contributed by atoms with E-state index in [2.05, 4.69) is 47.8 Å². The number of pyridine rings is 1. The monoisotopic (exact) mass is 397 g/mol. The molecule has 0 amide bonds. The van der Waals surface area contributed by atoms with Gasteiger partial charge in [-0.3, -0.25) is 10.2 Å². The molecule has 7 nitrogen and oxygen atoms in total. The third-order valence-corrected chi connectivity index (χ3v) is 5.38. The first-order valence-electron chi connectivity index (χ1n) is 9.52. The van der Waals surface area contributed by atoms with Gasteiger partial charge in [0.25, 0.3) is 0 Å². The predicted octanol–water partition coefficient (Wildman–Crippen LogP) is 3.97. The smallest absolute Gasteiger partial charge is 0.181 e. The van der Waals surface area contributed by atoms with Crippen molar-refractivity contribution in [1.82, 2.24) is 35.7 Å². The third-order valence-electron chi connectivity index (χ3n) is 5.38. The topological polar surface area (TPSA) is 98.1 Å². The van der Waals surface area contributed by atoms with Crippen molar-refractivity contribution in [2.75, 3.05) is 0 Å². The molecule has 0 radical (unpaired) electrons. The molecule has 5 aromatic rings. The van der Waals surface area contributed by atoms with Crippen molar-refractivity contribution < 1.29 is 4.39 Å². The Morgan fingerprint density at radius 3 is 2.70 bits per heavy atom. The van der Waals surface area contributed by atoms with Crippen LogP contribution in [0, 0.1) is 5.82 Å². The van der Waals surface area contributed by atoms with Crippen molar-refractivity contribution >= 4 is 16.6 Å². The highest BCUT2D eigenvalue weighted by molar-refractivity contribution is 5.94. The molecule has 4 aromatic heterocycles. The van der Waals surface area contributed by atoms with Gasteiger partial charge in [-0.05, 0) is 29.8 Å². The standard InChI is InChI=1S/C22H16FN7/c23-15-3-1-12(2-4-15)18-10-24-11-20-16(18)6-19(28-20)21-17-5-13(14-8-26-27-9-14)7-25-22(17)30-29-21/h1-10,24,28H,11H2,(H,26,27)(H,25,29,30). The molecule has 0 unspecified atom stereocenters. The van der Waals surface area contributed by atoms with Crippen molar-refractivity contribution in [2.45, 2.75) is 6.54 Å². The number of halogens is 1. The summed E-state index contributed by atoms with van der Waals surface area (Å²) in [5.41, 5.74) is 8.48. The Labute approximate surface area is 170 Å². The van der Waals surface area contributed by atoms with Crippen LogP contribution in [0.5, 0.6) is 0 Å². The van der Waals surface area contributed by atoms with Crippen molar-refractivity contribution in [3.8, 4) is 22.5 Å². The first-order valence-corrected chi connectivity index (χ1v) is 9.52. The average Bonchev–Trinajstić information content (AvgIpc) is 3.52. The zero-order chi connectivity index (χ0) is 20.1. The van der Waals surface area contributed by atoms with E-state index in [4.69, 9.17) is 0 Å². The van der Waals surface area contributed by atoms with Gasteiger partial charge in [0.05, 0.1) is 24.1 Å². The number of H-pyrrole nitrogens is 3. The zero-order valence-electron chi connectivity index (χ0n) is 15.7. The number of aromatic amines is 3. The van der Waals surface area contributed by atoms with E-state index in [1.54, 1.807) is 24.5 Å². The molecule has 4 N–H and O–H groups in total. The van der Waals surface area contributed by atoms with Crippen molar-refractivity contribution in [3.63, 3.8) is 0 Å². The minimum absolute atomic E-state index is 0.247. The van der Waals surface area contributed by atoms with Gasteiger partial charge in [-0.1, -0.05) is 12.1 Å². The molecular weight excluding hydrogens is 381 g/mol. The molecule has 0 fully saturated rings. The van der Waals surface area contributed by atoms with E-state index in [0.717, 1.165) is 50.3 Å². The van der Waals surface area contributed by atoms with Crippen LogP contribution in [0.15, 0.2) is 61.2 Å². The molecular formula is C22H16FN7. The van der Waals surface area contributed by atoms with Crippen LogP contribution >= 0.6 is 0 Å². The van der Waals surface area contributed by atoms with E-state index in [1.807, 2.05) is 12.4 Å². The second-order valence-electron chi connectivity index (χ2n) is 7.20. The van der Waals surface area contributed by atoms with Crippen molar-refractivity contribution in [2.24, 2.45) is 0 Å². The Bertz CT molecular complexity index is 1390. The lowest BCUT2D eigenvalue weighted by atomic mass is 9.96. The number of benzene rings is 1. The summed E-state index contributed by atoms with van der Waals surface area (Å²) in [5, 5.41) is 18.5. The maximum atomic E-state index is 13.4. The van der Waals surface area contributed by atoms with Crippen LogP contribution in [0.1, 0.15) is 16.8 Å². The van der Waals surface area contributed by atoms with Gasteiger partial charge in [0.2, 0.25) is 0 Å². The largest absolute Gasteiger partial charge is 0.385 e. The quantitative estimate of drug-likeness (QED) is 0.370. The van der Waals surface area contributed by atoms with Gasteiger partial charge in [-0.2, -0.15) is 10.2 Å². The Morgan fingerprint density at radius 2 is 1.87 bits per heavy atom. The molecule has 146 valence electrons. The van der Waals surface area contributed by atoms with E-state index in [0.29, 0.717) is 12.2 Å². The molecule has 0 spiro atoms. The molecule has 1 aromatic carbocycles. The molecule has 8 heteroatoms. The number of aromatic nitrogens is 6. The van der Waals surface area contributed by atoms with E-state index in [-0.39, 0.29) is 5.82 Å². The fourth-order valence-electron chi connectivity index (χ4n) is 3.88. The molecule has 5 heterocycles. The molecule has 1 aliphatic heterocycles. The molecule has 0 saturated carbocycles. The number of rotatable bonds is 3. The lowest BCUT2D eigenvalue weighted by molar-refractivity contribution is 0.627.